The quantitative estimate of drug-likeness (QED) is 0.226. The van der Waals surface area contributed by atoms with Crippen molar-refractivity contribution >= 4 is 28.4 Å². The second-order valence-electron chi connectivity index (χ2n) is 7.07. The van der Waals surface area contributed by atoms with Gasteiger partial charge in [-0.25, -0.2) is 4.98 Å². The molecule has 0 radical (unpaired) electrons. The summed E-state index contributed by atoms with van der Waals surface area (Å²) in [7, 11) is 3.08. The Hall–Kier alpha value is -3.58. The highest BCUT2D eigenvalue weighted by Crippen LogP contribution is 2.28. The molecule has 0 aliphatic heterocycles. The van der Waals surface area contributed by atoms with E-state index in [1.807, 2.05) is 48.5 Å². The van der Waals surface area contributed by atoms with Crippen LogP contribution in [-0.4, -0.2) is 35.3 Å². The number of rotatable bonds is 8. The molecular formula is C25H22N2O4S. The maximum Gasteiger partial charge on any atom is 0.262 e. The molecule has 162 valence electrons. The molecule has 7 heteroatoms. The molecule has 0 spiro atoms. The number of Topliss-reactive ketones (excluding diaryl/α,β-unsaturated/α-hetero) is 1. The first-order valence-electron chi connectivity index (χ1n) is 10.0. The molecule has 0 saturated heterocycles. The van der Waals surface area contributed by atoms with Gasteiger partial charge >= 0.3 is 0 Å². The van der Waals surface area contributed by atoms with E-state index in [-0.39, 0.29) is 17.1 Å². The zero-order chi connectivity index (χ0) is 22.5. The molecule has 1 aromatic heterocycles. The van der Waals surface area contributed by atoms with Gasteiger partial charge in [0.1, 0.15) is 0 Å². The molecule has 0 fully saturated rings. The van der Waals surface area contributed by atoms with Crippen molar-refractivity contribution in [2.45, 2.75) is 11.7 Å². The zero-order valence-corrected chi connectivity index (χ0v) is 18.6. The maximum atomic E-state index is 13.2. The third kappa shape index (κ3) is 4.53. The lowest BCUT2D eigenvalue weighted by molar-refractivity contribution is 0.102. The van der Waals surface area contributed by atoms with E-state index in [4.69, 9.17) is 9.47 Å². The first kappa shape index (κ1) is 21.6. The number of para-hydroxylation sites is 1. The molecule has 0 bridgehead atoms. The number of aromatic nitrogens is 2. The van der Waals surface area contributed by atoms with E-state index in [2.05, 4.69) is 4.98 Å². The van der Waals surface area contributed by atoms with Crippen molar-refractivity contribution in [2.24, 2.45) is 0 Å². The Kier molecular flexibility index (Phi) is 6.56. The Morgan fingerprint density at radius 2 is 1.66 bits per heavy atom. The summed E-state index contributed by atoms with van der Waals surface area (Å²) in [5.74, 6) is 1.09. The first-order valence-corrected chi connectivity index (χ1v) is 11.0. The zero-order valence-electron chi connectivity index (χ0n) is 17.8. The summed E-state index contributed by atoms with van der Waals surface area (Å²) in [4.78, 5) is 30.8. The summed E-state index contributed by atoms with van der Waals surface area (Å²) in [5.41, 5.74) is 1.98. The SMILES string of the molecule is COc1ccc(C(=O)CSc2nc3ccccc3c(=O)n2Cc2ccccc2)cc1OC. The summed E-state index contributed by atoms with van der Waals surface area (Å²) in [6, 6.07) is 22.0. The Bertz CT molecular complexity index is 1320. The monoisotopic (exact) mass is 446 g/mol. The van der Waals surface area contributed by atoms with Gasteiger partial charge in [-0.3, -0.25) is 14.2 Å². The topological polar surface area (TPSA) is 70.4 Å². The summed E-state index contributed by atoms with van der Waals surface area (Å²) in [5, 5.41) is 1.06. The maximum absolute atomic E-state index is 13.2. The number of hydrogen-bond acceptors (Lipinski definition) is 6. The lowest BCUT2D eigenvalue weighted by atomic mass is 10.1. The standard InChI is InChI=1S/C25H22N2O4S/c1-30-22-13-12-18(14-23(22)31-2)21(28)16-32-25-26-20-11-7-6-10-19(20)24(29)27(25)15-17-8-4-3-5-9-17/h3-14H,15-16H2,1-2H3. The second kappa shape index (κ2) is 9.70. The van der Waals surface area contributed by atoms with Crippen molar-refractivity contribution in [2.75, 3.05) is 20.0 Å². The highest BCUT2D eigenvalue weighted by Gasteiger charge is 2.16. The third-order valence-electron chi connectivity index (χ3n) is 5.05. The lowest BCUT2D eigenvalue weighted by Crippen LogP contribution is -2.24. The van der Waals surface area contributed by atoms with Crippen LogP contribution < -0.4 is 15.0 Å². The van der Waals surface area contributed by atoms with Crippen molar-refractivity contribution in [3.63, 3.8) is 0 Å². The number of thioether (sulfide) groups is 1. The first-order chi connectivity index (χ1) is 15.6. The van der Waals surface area contributed by atoms with Crippen LogP contribution in [0.25, 0.3) is 10.9 Å². The van der Waals surface area contributed by atoms with Gasteiger partial charge in [-0.2, -0.15) is 0 Å². The minimum Gasteiger partial charge on any atom is -0.493 e. The number of fused-ring (bicyclic) bond motifs is 1. The molecule has 0 aliphatic carbocycles. The van der Waals surface area contributed by atoms with Gasteiger partial charge in [0.25, 0.3) is 5.56 Å². The number of carbonyl (C=O) groups excluding carboxylic acids is 1. The van der Waals surface area contributed by atoms with Gasteiger partial charge in [0.05, 0.1) is 37.4 Å². The van der Waals surface area contributed by atoms with Crippen molar-refractivity contribution < 1.29 is 14.3 Å². The highest BCUT2D eigenvalue weighted by atomic mass is 32.2. The van der Waals surface area contributed by atoms with Crippen molar-refractivity contribution in [3.05, 3.63) is 94.3 Å². The molecular weight excluding hydrogens is 424 g/mol. The fourth-order valence-corrected chi connectivity index (χ4v) is 4.28. The average molecular weight is 447 g/mol. The van der Waals surface area contributed by atoms with Gasteiger partial charge in [0.15, 0.2) is 22.4 Å². The van der Waals surface area contributed by atoms with E-state index in [9.17, 15) is 9.59 Å². The number of ether oxygens (including phenoxy) is 2. The number of methoxy groups -OCH3 is 2. The van der Waals surface area contributed by atoms with Gasteiger partial charge in [-0.05, 0) is 35.9 Å². The molecule has 3 aromatic carbocycles. The number of nitrogens with zero attached hydrogens (tertiary/aromatic N) is 2. The highest BCUT2D eigenvalue weighted by molar-refractivity contribution is 7.99. The Labute approximate surface area is 189 Å². The van der Waals surface area contributed by atoms with Crippen molar-refractivity contribution in [3.8, 4) is 11.5 Å². The van der Waals surface area contributed by atoms with Crippen LogP contribution in [0.5, 0.6) is 11.5 Å². The molecule has 32 heavy (non-hydrogen) atoms. The molecule has 4 rings (SSSR count). The van der Waals surface area contributed by atoms with Gasteiger partial charge in [0.2, 0.25) is 0 Å². The van der Waals surface area contributed by atoms with Crippen LogP contribution in [0, 0.1) is 0 Å². The van der Waals surface area contributed by atoms with Gasteiger partial charge in [-0.1, -0.05) is 54.2 Å². The fraction of sp³-hybridized carbons (Fsp3) is 0.160. The van der Waals surface area contributed by atoms with Crippen LogP contribution >= 0.6 is 11.8 Å². The normalized spacial score (nSPS) is 10.8. The number of hydrogen-bond donors (Lipinski definition) is 0. The van der Waals surface area contributed by atoms with Crippen LogP contribution in [-0.2, 0) is 6.54 Å². The molecule has 1 heterocycles. The van der Waals surface area contributed by atoms with Crippen LogP contribution in [0.15, 0.2) is 82.7 Å². The predicted molar refractivity (Wildman–Crippen MR) is 126 cm³/mol. The van der Waals surface area contributed by atoms with Crippen molar-refractivity contribution in [1.82, 2.24) is 9.55 Å². The minimum absolute atomic E-state index is 0.0929. The van der Waals surface area contributed by atoms with Gasteiger partial charge in [-0.15, -0.1) is 0 Å². The van der Waals surface area contributed by atoms with E-state index in [1.54, 1.807) is 35.9 Å². The second-order valence-corrected chi connectivity index (χ2v) is 8.01. The lowest BCUT2D eigenvalue weighted by Gasteiger charge is -2.13. The van der Waals surface area contributed by atoms with Gasteiger partial charge < -0.3 is 9.47 Å². The predicted octanol–water partition coefficient (Wildman–Crippen LogP) is 4.44. The molecule has 4 aromatic rings. The van der Waals surface area contributed by atoms with E-state index in [1.165, 1.54) is 18.9 Å². The Morgan fingerprint density at radius 1 is 0.938 bits per heavy atom. The number of carbonyl (C=O) groups is 1. The molecule has 6 nitrogen and oxygen atoms in total. The van der Waals surface area contributed by atoms with Crippen LogP contribution in [0.3, 0.4) is 0 Å². The number of benzene rings is 3. The third-order valence-corrected chi connectivity index (χ3v) is 6.02. The van der Waals surface area contributed by atoms with Crippen LogP contribution in [0.4, 0.5) is 0 Å². The van der Waals surface area contributed by atoms with Gasteiger partial charge in [0, 0.05) is 5.56 Å². The van der Waals surface area contributed by atoms with Crippen LogP contribution in [0.2, 0.25) is 0 Å². The molecule has 0 saturated carbocycles. The average Bonchev–Trinajstić information content (AvgIpc) is 2.84. The van der Waals surface area contributed by atoms with E-state index in [0.29, 0.717) is 39.7 Å². The Balaban J connectivity index is 1.65. The Morgan fingerprint density at radius 3 is 2.41 bits per heavy atom. The minimum atomic E-state index is -0.125. The number of ketones is 1. The van der Waals surface area contributed by atoms with E-state index < -0.39 is 0 Å². The molecule has 0 aliphatic rings. The molecule has 0 N–H and O–H groups in total. The van der Waals surface area contributed by atoms with Crippen molar-refractivity contribution in [1.29, 1.82) is 0 Å². The summed E-state index contributed by atoms with van der Waals surface area (Å²) in [6.45, 7) is 0.379. The molecule has 0 atom stereocenters. The smallest absolute Gasteiger partial charge is 0.262 e. The van der Waals surface area contributed by atoms with E-state index in [0.717, 1.165) is 5.56 Å². The molecule has 0 unspecified atom stereocenters. The largest absolute Gasteiger partial charge is 0.493 e. The summed E-state index contributed by atoms with van der Waals surface area (Å²) < 4.78 is 12.2. The van der Waals surface area contributed by atoms with E-state index >= 15 is 0 Å². The fourth-order valence-electron chi connectivity index (χ4n) is 3.39. The molecule has 0 amide bonds. The summed E-state index contributed by atoms with van der Waals surface area (Å²) in [6.07, 6.45) is 0. The summed E-state index contributed by atoms with van der Waals surface area (Å²) >= 11 is 1.25. The van der Waals surface area contributed by atoms with Crippen LogP contribution in [0.1, 0.15) is 15.9 Å².